The Labute approximate surface area is 231 Å². The van der Waals surface area contributed by atoms with Gasteiger partial charge in [0.2, 0.25) is 0 Å². The van der Waals surface area contributed by atoms with Crippen LogP contribution < -0.4 is 0 Å². The highest BCUT2D eigenvalue weighted by molar-refractivity contribution is 7.13. The van der Waals surface area contributed by atoms with Gasteiger partial charge in [0.05, 0.1) is 5.69 Å². The Balaban J connectivity index is 0.000000213. The topological polar surface area (TPSA) is 38.7 Å². The SMILES string of the molecule is c1ccc2cnccc2c1.c1cncc(-c2nc(C3CCCc4c3ccc3c4ccc4ccccc43)cs2)c1. The highest BCUT2D eigenvalue weighted by atomic mass is 32.1. The predicted molar refractivity (Wildman–Crippen MR) is 163 cm³/mol. The maximum Gasteiger partial charge on any atom is 0.125 e. The lowest BCUT2D eigenvalue weighted by Gasteiger charge is -2.26. The van der Waals surface area contributed by atoms with Gasteiger partial charge in [0, 0.05) is 41.6 Å². The number of benzene rings is 4. The molecule has 0 bridgehead atoms. The van der Waals surface area contributed by atoms with E-state index in [1.165, 1.54) is 62.0 Å². The van der Waals surface area contributed by atoms with Crippen LogP contribution in [0.25, 0.3) is 42.9 Å². The van der Waals surface area contributed by atoms with Crippen LogP contribution in [-0.4, -0.2) is 15.0 Å². The third-order valence-corrected chi connectivity index (χ3v) is 8.62. The molecule has 0 radical (unpaired) electrons. The third-order valence-electron chi connectivity index (χ3n) is 7.71. The van der Waals surface area contributed by atoms with Crippen LogP contribution >= 0.6 is 11.3 Å². The van der Waals surface area contributed by atoms with Crippen molar-refractivity contribution in [1.82, 2.24) is 15.0 Å². The molecule has 0 saturated heterocycles. The Bertz CT molecular complexity index is 1840. The van der Waals surface area contributed by atoms with Crippen LogP contribution in [0.15, 0.2) is 121 Å². The zero-order valence-electron chi connectivity index (χ0n) is 21.5. The van der Waals surface area contributed by atoms with Gasteiger partial charge in [0.25, 0.3) is 0 Å². The van der Waals surface area contributed by atoms with Crippen molar-refractivity contribution in [1.29, 1.82) is 0 Å². The Morgan fingerprint density at radius 2 is 1.46 bits per heavy atom. The zero-order valence-corrected chi connectivity index (χ0v) is 22.3. The molecule has 8 rings (SSSR count). The van der Waals surface area contributed by atoms with E-state index in [-0.39, 0.29) is 0 Å². The highest BCUT2D eigenvalue weighted by Gasteiger charge is 2.25. The Morgan fingerprint density at radius 3 is 2.33 bits per heavy atom. The van der Waals surface area contributed by atoms with Crippen molar-refractivity contribution in [3.63, 3.8) is 0 Å². The number of hydrogen-bond acceptors (Lipinski definition) is 4. The summed E-state index contributed by atoms with van der Waals surface area (Å²) in [5, 5.41) is 11.2. The molecule has 1 atom stereocenters. The first kappa shape index (κ1) is 23.7. The number of pyridine rings is 2. The van der Waals surface area contributed by atoms with Crippen molar-refractivity contribution >= 4 is 43.7 Å². The fourth-order valence-corrected chi connectivity index (χ4v) is 6.68. The van der Waals surface area contributed by atoms with E-state index in [9.17, 15) is 0 Å². The van der Waals surface area contributed by atoms with Gasteiger partial charge >= 0.3 is 0 Å². The van der Waals surface area contributed by atoms with Gasteiger partial charge in [-0.15, -0.1) is 11.3 Å². The molecule has 3 heterocycles. The van der Waals surface area contributed by atoms with Crippen LogP contribution in [-0.2, 0) is 6.42 Å². The molecule has 0 spiro atoms. The average molecular weight is 522 g/mol. The molecule has 4 heteroatoms. The van der Waals surface area contributed by atoms with E-state index in [1.54, 1.807) is 11.3 Å². The van der Waals surface area contributed by atoms with Crippen LogP contribution in [0.5, 0.6) is 0 Å². The minimum absolute atomic E-state index is 0.385. The van der Waals surface area contributed by atoms with Gasteiger partial charge in [-0.1, -0.05) is 72.8 Å². The van der Waals surface area contributed by atoms with Crippen LogP contribution in [0.2, 0.25) is 0 Å². The first-order valence-electron chi connectivity index (χ1n) is 13.4. The lowest BCUT2D eigenvalue weighted by molar-refractivity contribution is 0.610. The second-order valence-corrected chi connectivity index (χ2v) is 10.9. The van der Waals surface area contributed by atoms with E-state index >= 15 is 0 Å². The summed E-state index contributed by atoms with van der Waals surface area (Å²) >= 11 is 1.73. The number of thiazole rings is 1. The largest absolute Gasteiger partial charge is 0.264 e. The zero-order chi connectivity index (χ0) is 26.0. The third kappa shape index (κ3) is 4.58. The summed E-state index contributed by atoms with van der Waals surface area (Å²) in [5.74, 6) is 0.385. The normalized spacial score (nSPS) is 14.6. The number of aromatic nitrogens is 3. The van der Waals surface area contributed by atoms with Gasteiger partial charge in [-0.3, -0.25) is 9.97 Å². The summed E-state index contributed by atoms with van der Waals surface area (Å²) in [6.07, 6.45) is 10.9. The van der Waals surface area contributed by atoms with E-state index < -0.39 is 0 Å². The molecule has 39 heavy (non-hydrogen) atoms. The van der Waals surface area contributed by atoms with E-state index in [1.807, 2.05) is 49.1 Å². The fourth-order valence-electron chi connectivity index (χ4n) is 5.81. The molecule has 0 N–H and O–H groups in total. The number of hydrogen-bond donors (Lipinski definition) is 0. The molecule has 3 aromatic heterocycles. The minimum Gasteiger partial charge on any atom is -0.264 e. The maximum absolute atomic E-state index is 5.01. The minimum atomic E-state index is 0.385. The Hall–Kier alpha value is -4.41. The second-order valence-electron chi connectivity index (χ2n) is 10.0. The molecule has 1 unspecified atom stereocenters. The monoisotopic (exact) mass is 521 g/mol. The highest BCUT2D eigenvalue weighted by Crippen LogP contribution is 2.42. The van der Waals surface area contributed by atoms with Crippen LogP contribution in [0.4, 0.5) is 0 Å². The molecule has 1 aliphatic rings. The van der Waals surface area contributed by atoms with Crippen molar-refractivity contribution in [3.8, 4) is 10.6 Å². The van der Waals surface area contributed by atoms with Gasteiger partial charge in [0.15, 0.2) is 0 Å². The van der Waals surface area contributed by atoms with Gasteiger partial charge in [-0.25, -0.2) is 4.98 Å². The Morgan fingerprint density at radius 1 is 0.641 bits per heavy atom. The molecule has 188 valence electrons. The number of rotatable bonds is 2. The van der Waals surface area contributed by atoms with E-state index in [0.29, 0.717) is 5.92 Å². The number of fused-ring (bicyclic) bond motifs is 6. The molecular weight excluding hydrogens is 494 g/mol. The van der Waals surface area contributed by atoms with Crippen LogP contribution in [0, 0.1) is 0 Å². The molecule has 0 saturated carbocycles. The van der Waals surface area contributed by atoms with Crippen molar-refractivity contribution in [2.75, 3.05) is 0 Å². The lowest BCUT2D eigenvalue weighted by atomic mass is 9.79. The summed E-state index contributed by atoms with van der Waals surface area (Å²) in [6, 6.07) is 32.2. The number of aryl methyl sites for hydroxylation is 1. The summed E-state index contributed by atoms with van der Waals surface area (Å²) in [4.78, 5) is 13.3. The molecule has 0 fully saturated rings. The smallest absolute Gasteiger partial charge is 0.125 e. The second kappa shape index (κ2) is 10.4. The first-order chi connectivity index (χ1) is 19.3. The Kier molecular flexibility index (Phi) is 6.31. The van der Waals surface area contributed by atoms with Gasteiger partial charge in [-0.2, -0.15) is 0 Å². The number of nitrogens with zero attached hydrogens (tertiary/aromatic N) is 3. The average Bonchev–Trinajstić information content (AvgIpc) is 3.52. The predicted octanol–water partition coefficient (Wildman–Crippen LogP) is 9.21. The summed E-state index contributed by atoms with van der Waals surface area (Å²) in [5.41, 5.74) is 5.28. The van der Waals surface area contributed by atoms with Crippen molar-refractivity contribution in [2.24, 2.45) is 0 Å². The lowest BCUT2D eigenvalue weighted by Crippen LogP contribution is -2.12. The molecular formula is C35H27N3S. The van der Waals surface area contributed by atoms with E-state index in [4.69, 9.17) is 4.98 Å². The summed E-state index contributed by atoms with van der Waals surface area (Å²) in [6.45, 7) is 0. The maximum atomic E-state index is 5.01. The van der Waals surface area contributed by atoms with Crippen LogP contribution in [0.3, 0.4) is 0 Å². The molecule has 3 nitrogen and oxygen atoms in total. The summed E-state index contributed by atoms with van der Waals surface area (Å²) in [7, 11) is 0. The van der Waals surface area contributed by atoms with E-state index in [0.717, 1.165) is 17.0 Å². The van der Waals surface area contributed by atoms with Gasteiger partial charge in [-0.05, 0) is 80.9 Å². The molecule has 0 aliphatic heterocycles. The van der Waals surface area contributed by atoms with Crippen molar-refractivity contribution < 1.29 is 0 Å². The van der Waals surface area contributed by atoms with Gasteiger partial charge in [0.1, 0.15) is 5.01 Å². The van der Waals surface area contributed by atoms with Crippen molar-refractivity contribution in [2.45, 2.75) is 25.2 Å². The standard InChI is InChI=1S/C26H20N2S.C9H7N/c1-2-7-19-17(5-1)10-11-22-20-8-3-9-24(23(20)13-12-21(19)22)25-16-29-26(28-25)18-6-4-14-27-15-18;1-2-4-9-7-10-6-5-8(9)3-1/h1-2,4-7,10-16,24H,3,8-9H2;1-7H. The molecule has 4 aromatic carbocycles. The van der Waals surface area contributed by atoms with Gasteiger partial charge < -0.3 is 0 Å². The van der Waals surface area contributed by atoms with E-state index in [2.05, 4.69) is 82.1 Å². The quantitative estimate of drug-likeness (QED) is 0.213. The fraction of sp³-hybridized carbons (Fsp3) is 0.114. The molecule has 7 aromatic rings. The molecule has 0 amide bonds. The van der Waals surface area contributed by atoms with Crippen LogP contribution in [0.1, 0.15) is 35.6 Å². The first-order valence-corrected chi connectivity index (χ1v) is 14.3. The van der Waals surface area contributed by atoms with Crippen molar-refractivity contribution in [3.05, 3.63) is 138 Å². The summed E-state index contributed by atoms with van der Waals surface area (Å²) < 4.78 is 0. The molecule has 1 aliphatic carbocycles.